The van der Waals surface area contributed by atoms with E-state index in [1.54, 1.807) is 7.05 Å². The molecule has 0 spiro atoms. The molecule has 28 heavy (non-hydrogen) atoms. The fraction of sp³-hybridized carbons (Fsp3) is 0.250. The molecule has 8 nitrogen and oxygen atoms in total. The summed E-state index contributed by atoms with van der Waals surface area (Å²) in [5, 5.41) is 14.9. The molecule has 2 aromatic carbocycles. The van der Waals surface area contributed by atoms with Gasteiger partial charge in [0, 0.05) is 18.3 Å². The number of aromatic nitrogens is 4. The third-order valence-electron chi connectivity index (χ3n) is 4.45. The summed E-state index contributed by atoms with van der Waals surface area (Å²) < 4.78 is 0. The second-order valence-electron chi connectivity index (χ2n) is 6.55. The van der Waals surface area contributed by atoms with E-state index in [0.29, 0.717) is 5.82 Å². The average molecular weight is 378 g/mol. The smallest absolute Gasteiger partial charge is 0.246 e. The van der Waals surface area contributed by atoms with Crippen LogP contribution in [0.15, 0.2) is 48.5 Å². The number of likely N-dealkylation sites (N-methyl/N-ethyl adjacent to an activating group) is 1. The Kier molecular flexibility index (Phi) is 5.78. The van der Waals surface area contributed by atoms with Gasteiger partial charge < -0.3 is 10.2 Å². The van der Waals surface area contributed by atoms with Gasteiger partial charge in [-0.25, -0.2) is 0 Å². The van der Waals surface area contributed by atoms with E-state index in [4.69, 9.17) is 0 Å². The van der Waals surface area contributed by atoms with Crippen LogP contribution in [0.25, 0.3) is 11.4 Å². The van der Waals surface area contributed by atoms with Gasteiger partial charge in [-0.3, -0.25) is 9.59 Å². The van der Waals surface area contributed by atoms with E-state index in [0.717, 1.165) is 22.4 Å². The summed E-state index contributed by atoms with van der Waals surface area (Å²) in [5.41, 5.74) is 3.66. The highest BCUT2D eigenvalue weighted by Crippen LogP contribution is 2.17. The second kappa shape index (κ2) is 8.43. The van der Waals surface area contributed by atoms with E-state index in [1.807, 2.05) is 62.4 Å². The van der Waals surface area contributed by atoms with Gasteiger partial charge >= 0.3 is 0 Å². The largest absolute Gasteiger partial charge is 0.335 e. The number of benzene rings is 2. The molecule has 0 atom stereocenters. The van der Waals surface area contributed by atoms with Gasteiger partial charge in [0.05, 0.1) is 6.54 Å². The van der Waals surface area contributed by atoms with Gasteiger partial charge in [-0.1, -0.05) is 42.5 Å². The van der Waals surface area contributed by atoms with Gasteiger partial charge in [0.25, 0.3) is 0 Å². The Bertz CT molecular complexity index is 983. The molecular weight excluding hydrogens is 356 g/mol. The van der Waals surface area contributed by atoms with Crippen LogP contribution in [0.5, 0.6) is 0 Å². The quantitative estimate of drug-likeness (QED) is 0.709. The maximum Gasteiger partial charge on any atom is 0.246 e. The number of amides is 2. The van der Waals surface area contributed by atoms with Gasteiger partial charge in [0.2, 0.25) is 17.6 Å². The van der Waals surface area contributed by atoms with Crippen LogP contribution in [0.1, 0.15) is 11.1 Å². The van der Waals surface area contributed by atoms with Crippen LogP contribution in [0.3, 0.4) is 0 Å². The number of nitrogens with one attached hydrogen (secondary N) is 1. The summed E-state index contributed by atoms with van der Waals surface area (Å²) in [7, 11) is 1.57. The third-order valence-corrected chi connectivity index (χ3v) is 4.45. The molecule has 0 unspecified atom stereocenters. The first-order valence-corrected chi connectivity index (χ1v) is 8.87. The maximum absolute atomic E-state index is 12.4. The van der Waals surface area contributed by atoms with Crippen LogP contribution < -0.4 is 5.32 Å². The first-order chi connectivity index (χ1) is 13.4. The first kappa shape index (κ1) is 19.2. The van der Waals surface area contributed by atoms with Crippen molar-refractivity contribution in [2.24, 2.45) is 0 Å². The van der Waals surface area contributed by atoms with Gasteiger partial charge in [0.1, 0.15) is 6.54 Å². The number of hydrogen-bond acceptors (Lipinski definition) is 5. The van der Waals surface area contributed by atoms with Crippen LogP contribution in [0.4, 0.5) is 5.69 Å². The Morgan fingerprint density at radius 1 is 1.07 bits per heavy atom. The van der Waals surface area contributed by atoms with Gasteiger partial charge in [-0.05, 0) is 36.3 Å². The van der Waals surface area contributed by atoms with Crippen molar-refractivity contribution in [1.29, 1.82) is 0 Å². The Morgan fingerprint density at radius 2 is 1.82 bits per heavy atom. The summed E-state index contributed by atoms with van der Waals surface area (Å²) in [4.78, 5) is 27.2. The van der Waals surface area contributed by atoms with Crippen molar-refractivity contribution >= 4 is 17.5 Å². The Balaban J connectivity index is 1.57. The normalized spacial score (nSPS) is 10.5. The van der Waals surface area contributed by atoms with Gasteiger partial charge in [-0.15, -0.1) is 10.2 Å². The highest BCUT2D eigenvalue weighted by Gasteiger charge is 2.16. The number of rotatable bonds is 6. The SMILES string of the molecule is Cc1cccc(NC(=O)CN(C)C(=O)Cn2nnc(-c3ccccc3)n2)c1C. The molecule has 8 heteroatoms. The van der Waals surface area contributed by atoms with Crippen molar-refractivity contribution in [2.75, 3.05) is 18.9 Å². The zero-order valence-electron chi connectivity index (χ0n) is 16.1. The molecule has 0 radical (unpaired) electrons. The van der Waals surface area contributed by atoms with Crippen molar-refractivity contribution in [3.8, 4) is 11.4 Å². The number of aryl methyl sites for hydroxylation is 1. The minimum absolute atomic E-state index is 0.0630. The number of hydrogen-bond donors (Lipinski definition) is 1. The number of tetrazole rings is 1. The van der Waals surface area contributed by atoms with E-state index in [1.165, 1.54) is 9.70 Å². The van der Waals surface area contributed by atoms with E-state index in [9.17, 15) is 9.59 Å². The summed E-state index contributed by atoms with van der Waals surface area (Å²) >= 11 is 0. The summed E-state index contributed by atoms with van der Waals surface area (Å²) in [6, 6.07) is 15.1. The molecule has 1 aromatic heterocycles. The lowest BCUT2D eigenvalue weighted by atomic mass is 10.1. The van der Waals surface area contributed by atoms with Crippen LogP contribution in [-0.4, -0.2) is 50.5 Å². The Labute approximate surface area is 163 Å². The lowest BCUT2D eigenvalue weighted by molar-refractivity contribution is -0.134. The molecule has 1 heterocycles. The predicted molar refractivity (Wildman–Crippen MR) is 105 cm³/mol. The first-order valence-electron chi connectivity index (χ1n) is 8.87. The minimum Gasteiger partial charge on any atom is -0.335 e. The molecule has 0 fully saturated rings. The topological polar surface area (TPSA) is 93.0 Å². The van der Waals surface area contributed by atoms with Crippen molar-refractivity contribution in [3.05, 3.63) is 59.7 Å². The lowest BCUT2D eigenvalue weighted by Gasteiger charge is -2.17. The van der Waals surface area contributed by atoms with E-state index in [2.05, 4.69) is 20.7 Å². The highest BCUT2D eigenvalue weighted by atomic mass is 16.2. The van der Waals surface area contributed by atoms with Gasteiger partial charge in [0.15, 0.2) is 0 Å². The second-order valence-corrected chi connectivity index (χ2v) is 6.55. The van der Waals surface area contributed by atoms with Crippen LogP contribution >= 0.6 is 0 Å². The summed E-state index contributed by atoms with van der Waals surface area (Å²) in [5.74, 6) is -0.0991. The van der Waals surface area contributed by atoms with Crippen LogP contribution in [-0.2, 0) is 16.1 Å². The molecule has 1 N–H and O–H groups in total. The monoisotopic (exact) mass is 378 g/mol. The molecule has 144 valence electrons. The zero-order valence-corrected chi connectivity index (χ0v) is 16.1. The maximum atomic E-state index is 12.4. The lowest BCUT2D eigenvalue weighted by Crippen LogP contribution is -2.37. The molecule has 0 saturated heterocycles. The number of carbonyl (C=O) groups is 2. The minimum atomic E-state index is -0.284. The fourth-order valence-electron chi connectivity index (χ4n) is 2.63. The standard InChI is InChI=1S/C20H22N6O2/c1-14-8-7-11-17(15(14)2)21-18(27)12-25(3)19(28)13-26-23-20(22-24-26)16-9-5-4-6-10-16/h4-11H,12-13H2,1-3H3,(H,21,27). The average Bonchev–Trinajstić information content (AvgIpc) is 3.14. The van der Waals surface area contributed by atoms with Crippen molar-refractivity contribution in [2.45, 2.75) is 20.4 Å². The highest BCUT2D eigenvalue weighted by molar-refractivity contribution is 5.95. The molecule has 3 aromatic rings. The van der Waals surface area contributed by atoms with E-state index in [-0.39, 0.29) is 24.9 Å². The molecule has 0 aliphatic rings. The fourth-order valence-corrected chi connectivity index (χ4v) is 2.63. The molecular formula is C20H22N6O2. The van der Waals surface area contributed by atoms with E-state index >= 15 is 0 Å². The van der Waals surface area contributed by atoms with Gasteiger partial charge in [-0.2, -0.15) is 4.80 Å². The molecule has 2 amide bonds. The predicted octanol–water partition coefficient (Wildman–Crippen LogP) is 2.05. The Hall–Kier alpha value is -3.55. The number of carbonyl (C=O) groups excluding carboxylic acids is 2. The zero-order chi connectivity index (χ0) is 20.1. The van der Waals surface area contributed by atoms with Crippen molar-refractivity contribution in [3.63, 3.8) is 0 Å². The summed E-state index contributed by atoms with van der Waals surface area (Å²) in [6.45, 7) is 3.77. The molecule has 0 aliphatic carbocycles. The van der Waals surface area contributed by atoms with Crippen LogP contribution in [0, 0.1) is 13.8 Å². The third kappa shape index (κ3) is 4.59. The Morgan fingerprint density at radius 3 is 2.57 bits per heavy atom. The van der Waals surface area contributed by atoms with Crippen molar-refractivity contribution < 1.29 is 9.59 Å². The molecule has 3 rings (SSSR count). The molecule has 0 bridgehead atoms. The summed E-state index contributed by atoms with van der Waals surface area (Å²) in [6.07, 6.45) is 0. The number of nitrogens with zero attached hydrogens (tertiary/aromatic N) is 5. The van der Waals surface area contributed by atoms with E-state index < -0.39 is 0 Å². The molecule has 0 aliphatic heterocycles. The molecule has 0 saturated carbocycles. The number of anilines is 1. The van der Waals surface area contributed by atoms with Crippen molar-refractivity contribution in [1.82, 2.24) is 25.1 Å². The van der Waals surface area contributed by atoms with Crippen LogP contribution in [0.2, 0.25) is 0 Å².